The predicted octanol–water partition coefficient (Wildman–Crippen LogP) is 0.928. The van der Waals surface area contributed by atoms with Gasteiger partial charge in [-0.15, -0.1) is 5.10 Å². The summed E-state index contributed by atoms with van der Waals surface area (Å²) in [7, 11) is 1.32. The highest BCUT2D eigenvalue weighted by atomic mass is 16.6. The molecule has 0 N–H and O–H groups in total. The van der Waals surface area contributed by atoms with Gasteiger partial charge in [0.25, 0.3) is 0 Å². The minimum Gasteiger partial charge on any atom is -0.464 e. The molecule has 8 nitrogen and oxygen atoms in total. The van der Waals surface area contributed by atoms with Crippen molar-refractivity contribution in [1.29, 1.82) is 0 Å². The van der Waals surface area contributed by atoms with E-state index in [0.717, 1.165) is 0 Å². The fourth-order valence-corrected chi connectivity index (χ4v) is 1.79. The van der Waals surface area contributed by atoms with Crippen LogP contribution in [-0.2, 0) is 11.3 Å². The van der Waals surface area contributed by atoms with Crippen LogP contribution in [0.25, 0.3) is 0 Å². The molecule has 0 bridgehead atoms. The second kappa shape index (κ2) is 5.17. The summed E-state index contributed by atoms with van der Waals surface area (Å²) >= 11 is 0. The van der Waals surface area contributed by atoms with E-state index in [4.69, 9.17) is 4.74 Å². The van der Waals surface area contributed by atoms with Gasteiger partial charge >= 0.3 is 5.97 Å². The summed E-state index contributed by atoms with van der Waals surface area (Å²) in [5.41, 5.74) is 2.27. The molecule has 19 heavy (non-hydrogen) atoms. The molecule has 0 spiro atoms. The molecular weight excluding hydrogens is 250 g/mol. The maximum Gasteiger partial charge on any atom is 0.360 e. The molecule has 0 aliphatic carbocycles. The van der Waals surface area contributed by atoms with Gasteiger partial charge in [-0.3, -0.25) is 0 Å². The number of nitrogens with zero attached hydrogens (tertiary/aromatic N) is 5. The first-order valence-corrected chi connectivity index (χ1v) is 5.84. The Morgan fingerprint density at radius 3 is 2.68 bits per heavy atom. The Morgan fingerprint density at radius 1 is 1.42 bits per heavy atom. The maximum absolute atomic E-state index is 11.6. The van der Waals surface area contributed by atoms with Crippen LogP contribution in [0.2, 0.25) is 0 Å². The van der Waals surface area contributed by atoms with Crippen LogP contribution in [0, 0.1) is 6.92 Å². The van der Waals surface area contributed by atoms with Gasteiger partial charge in [-0.2, -0.15) is 0 Å². The van der Waals surface area contributed by atoms with E-state index in [2.05, 4.69) is 25.3 Å². The molecule has 0 saturated heterocycles. The van der Waals surface area contributed by atoms with E-state index in [1.54, 1.807) is 11.6 Å². The average Bonchev–Trinajstić information content (AvgIpc) is 2.96. The van der Waals surface area contributed by atoms with Gasteiger partial charge in [0.2, 0.25) is 0 Å². The van der Waals surface area contributed by atoms with E-state index in [1.165, 1.54) is 7.11 Å². The van der Waals surface area contributed by atoms with Gasteiger partial charge in [-0.25, -0.2) is 14.1 Å². The van der Waals surface area contributed by atoms with Crippen LogP contribution in [0.5, 0.6) is 0 Å². The fourth-order valence-electron chi connectivity index (χ4n) is 1.79. The van der Waals surface area contributed by atoms with E-state index in [0.29, 0.717) is 23.6 Å². The summed E-state index contributed by atoms with van der Waals surface area (Å²) in [4.78, 5) is 11.6. The highest BCUT2D eigenvalue weighted by molar-refractivity contribution is 5.88. The summed E-state index contributed by atoms with van der Waals surface area (Å²) in [6, 6.07) is 0. The number of aromatic nitrogens is 5. The number of hydrogen-bond acceptors (Lipinski definition) is 7. The zero-order chi connectivity index (χ0) is 14.0. The van der Waals surface area contributed by atoms with Gasteiger partial charge in [0.15, 0.2) is 5.69 Å². The molecule has 0 atom stereocenters. The number of ether oxygens (including phenoxy) is 1. The Balaban J connectivity index is 2.38. The van der Waals surface area contributed by atoms with Gasteiger partial charge in [0.05, 0.1) is 19.3 Å². The van der Waals surface area contributed by atoms with E-state index < -0.39 is 5.97 Å². The minimum atomic E-state index is -0.495. The van der Waals surface area contributed by atoms with Gasteiger partial charge in [-0.05, 0) is 12.8 Å². The van der Waals surface area contributed by atoms with Crippen molar-refractivity contribution >= 4 is 5.97 Å². The molecule has 0 radical (unpaired) electrons. The van der Waals surface area contributed by atoms with E-state index in [1.807, 2.05) is 13.8 Å². The summed E-state index contributed by atoms with van der Waals surface area (Å²) in [5, 5.41) is 15.4. The third-order valence-corrected chi connectivity index (χ3v) is 2.74. The lowest BCUT2D eigenvalue weighted by Crippen LogP contribution is -2.12. The van der Waals surface area contributed by atoms with Crippen molar-refractivity contribution in [3.8, 4) is 0 Å². The van der Waals surface area contributed by atoms with Crippen molar-refractivity contribution in [1.82, 2.24) is 25.3 Å². The van der Waals surface area contributed by atoms with E-state index in [9.17, 15) is 4.79 Å². The molecule has 0 aliphatic heterocycles. The number of carbonyl (C=O) groups is 1. The predicted molar refractivity (Wildman–Crippen MR) is 63.6 cm³/mol. The SMILES string of the molecule is COC(=O)c1nnn(Cc2nonc2C)c1C(C)C. The number of hydrogen-bond donors (Lipinski definition) is 0. The first-order chi connectivity index (χ1) is 9.04. The molecule has 2 aromatic heterocycles. The number of aryl methyl sites for hydroxylation is 1. The smallest absolute Gasteiger partial charge is 0.360 e. The average molecular weight is 265 g/mol. The molecule has 0 unspecified atom stereocenters. The van der Waals surface area contributed by atoms with E-state index in [-0.39, 0.29) is 11.6 Å². The second-order valence-electron chi connectivity index (χ2n) is 4.42. The Labute approximate surface area is 109 Å². The van der Waals surface area contributed by atoms with Crippen LogP contribution >= 0.6 is 0 Å². The second-order valence-corrected chi connectivity index (χ2v) is 4.42. The lowest BCUT2D eigenvalue weighted by molar-refractivity contribution is 0.0592. The summed E-state index contributed by atoms with van der Waals surface area (Å²) in [6.07, 6.45) is 0. The molecule has 0 aromatic carbocycles. The topological polar surface area (TPSA) is 95.9 Å². The van der Waals surface area contributed by atoms with Crippen molar-refractivity contribution in [3.05, 3.63) is 22.8 Å². The van der Waals surface area contributed by atoms with Crippen LogP contribution in [0.15, 0.2) is 4.63 Å². The standard InChI is InChI=1S/C11H15N5O3/c1-6(2)10-9(11(17)18-4)12-15-16(10)5-8-7(3)13-19-14-8/h6H,5H2,1-4H3. The molecule has 2 rings (SSSR count). The Kier molecular flexibility index (Phi) is 3.59. The fraction of sp³-hybridized carbons (Fsp3) is 0.545. The Bertz CT molecular complexity index is 587. The van der Waals surface area contributed by atoms with Crippen LogP contribution in [0.1, 0.15) is 47.3 Å². The monoisotopic (exact) mass is 265 g/mol. The molecule has 2 aromatic rings. The number of carbonyl (C=O) groups excluding carboxylic acids is 1. The van der Waals surface area contributed by atoms with Crippen LogP contribution in [-0.4, -0.2) is 38.4 Å². The molecule has 0 aliphatic rings. The lowest BCUT2D eigenvalue weighted by atomic mass is 10.1. The normalized spacial score (nSPS) is 11.0. The van der Waals surface area contributed by atoms with Gasteiger partial charge < -0.3 is 4.74 Å². The van der Waals surface area contributed by atoms with Gasteiger partial charge in [0, 0.05) is 0 Å². The van der Waals surface area contributed by atoms with Crippen molar-refractivity contribution in [2.24, 2.45) is 0 Å². The zero-order valence-corrected chi connectivity index (χ0v) is 11.2. The van der Waals surface area contributed by atoms with Gasteiger partial charge in [0.1, 0.15) is 11.4 Å². The molecule has 8 heteroatoms. The van der Waals surface area contributed by atoms with Crippen LogP contribution in [0.4, 0.5) is 0 Å². The molecule has 0 fully saturated rings. The highest BCUT2D eigenvalue weighted by Crippen LogP contribution is 2.19. The van der Waals surface area contributed by atoms with Gasteiger partial charge in [-0.1, -0.05) is 29.4 Å². The molecule has 102 valence electrons. The first kappa shape index (κ1) is 13.2. The lowest BCUT2D eigenvalue weighted by Gasteiger charge is -2.09. The molecule has 2 heterocycles. The molecule has 0 saturated carbocycles. The van der Waals surface area contributed by atoms with Crippen LogP contribution in [0.3, 0.4) is 0 Å². The number of esters is 1. The quantitative estimate of drug-likeness (QED) is 0.758. The third-order valence-electron chi connectivity index (χ3n) is 2.74. The van der Waals surface area contributed by atoms with Crippen molar-refractivity contribution in [2.75, 3.05) is 7.11 Å². The maximum atomic E-state index is 11.6. The van der Waals surface area contributed by atoms with Crippen molar-refractivity contribution in [2.45, 2.75) is 33.2 Å². The first-order valence-electron chi connectivity index (χ1n) is 5.84. The highest BCUT2D eigenvalue weighted by Gasteiger charge is 2.23. The zero-order valence-electron chi connectivity index (χ0n) is 11.2. The summed E-state index contributed by atoms with van der Waals surface area (Å²) < 4.78 is 11.0. The molecular formula is C11H15N5O3. The van der Waals surface area contributed by atoms with Crippen molar-refractivity contribution in [3.63, 3.8) is 0 Å². The van der Waals surface area contributed by atoms with Crippen LogP contribution < -0.4 is 0 Å². The number of methoxy groups -OCH3 is 1. The Morgan fingerprint density at radius 2 is 2.16 bits per heavy atom. The largest absolute Gasteiger partial charge is 0.464 e. The minimum absolute atomic E-state index is 0.0734. The number of rotatable bonds is 4. The summed E-state index contributed by atoms with van der Waals surface area (Å²) in [5.74, 6) is -0.422. The summed E-state index contributed by atoms with van der Waals surface area (Å²) in [6.45, 7) is 6.05. The van der Waals surface area contributed by atoms with Crippen molar-refractivity contribution < 1.29 is 14.2 Å². The third kappa shape index (κ3) is 2.47. The Hall–Kier alpha value is -2.25. The molecule has 0 amide bonds. The van der Waals surface area contributed by atoms with E-state index >= 15 is 0 Å².